The Bertz CT molecular complexity index is 8240. The van der Waals surface area contributed by atoms with Crippen molar-refractivity contribution in [2.75, 3.05) is 9.80 Å². The van der Waals surface area contributed by atoms with E-state index in [-0.39, 0.29) is 0 Å². The molecular weight excluding hydrogens is 1510 g/mol. The van der Waals surface area contributed by atoms with Crippen LogP contribution < -0.4 is 9.80 Å². The first kappa shape index (κ1) is 71.6. The van der Waals surface area contributed by atoms with Crippen molar-refractivity contribution in [2.24, 2.45) is 0 Å². The van der Waals surface area contributed by atoms with Gasteiger partial charge in [0.1, 0.15) is 22.3 Å². The first-order valence-corrected chi connectivity index (χ1v) is 42.4. The summed E-state index contributed by atoms with van der Waals surface area (Å²) in [6, 6.07) is 168. The summed E-state index contributed by atoms with van der Waals surface area (Å²) in [6.07, 6.45) is 0. The molecule has 124 heavy (non-hydrogen) atoms. The lowest BCUT2D eigenvalue weighted by Gasteiger charge is -2.28. The van der Waals surface area contributed by atoms with Gasteiger partial charge in [0.05, 0.1) is 27.8 Å². The molecule has 0 aliphatic carbocycles. The molecule has 580 valence electrons. The summed E-state index contributed by atoms with van der Waals surface area (Å²) in [5, 5.41) is 11.7. The number of hydrogen-bond acceptors (Lipinski definition) is 4. The lowest BCUT2D eigenvalue weighted by atomic mass is 9.95. The SMILES string of the molecule is c1ccc(-c2cccc(N(c3ccc(-c4cccc(-n5c6ccccc6c6ccc(-c7ccc(-c8cccc(N(c9ccc(-c%10cccc(-n%11c%12ccccc%12c%12ccccc%12%11)c%10)cc9)c9ccccc9-c9ccc(-c%10cccc%11oc%12ccccc%12c%10%11)cc9)c8)cc7)cc65)c4)cc3)c3ccc4cc(-c5cccc6oc7ccccc7c56)ccc4c3)c2)cc1. The Hall–Kier alpha value is -16.5. The zero-order valence-corrected chi connectivity index (χ0v) is 67.5. The van der Waals surface area contributed by atoms with Crippen LogP contribution in [0.5, 0.6) is 0 Å². The number of benzene rings is 20. The van der Waals surface area contributed by atoms with Crippen molar-refractivity contribution in [3.63, 3.8) is 0 Å². The summed E-state index contributed by atoms with van der Waals surface area (Å²) in [4.78, 5) is 4.81. The van der Waals surface area contributed by atoms with Crippen molar-refractivity contribution in [1.29, 1.82) is 0 Å². The van der Waals surface area contributed by atoms with E-state index < -0.39 is 0 Å². The van der Waals surface area contributed by atoms with Crippen molar-refractivity contribution in [1.82, 2.24) is 9.13 Å². The van der Waals surface area contributed by atoms with Gasteiger partial charge in [-0.1, -0.05) is 315 Å². The third-order valence-corrected chi connectivity index (χ3v) is 25.1. The fraction of sp³-hybridized carbons (Fsp3) is 0. The number of para-hydroxylation sites is 6. The van der Waals surface area contributed by atoms with Crippen molar-refractivity contribution in [2.45, 2.75) is 0 Å². The Morgan fingerprint density at radius 1 is 0.169 bits per heavy atom. The highest BCUT2D eigenvalue weighted by Gasteiger charge is 2.24. The Balaban J connectivity index is 0.551. The highest BCUT2D eigenvalue weighted by Crippen LogP contribution is 2.48. The molecule has 0 aliphatic rings. The first-order valence-electron chi connectivity index (χ1n) is 42.4. The highest BCUT2D eigenvalue weighted by molar-refractivity contribution is 6.15. The average Bonchev–Trinajstić information content (AvgIpc) is 1.58. The minimum absolute atomic E-state index is 0.885. The molecule has 24 rings (SSSR count). The Morgan fingerprint density at radius 2 is 0.508 bits per heavy atom. The van der Waals surface area contributed by atoms with Gasteiger partial charge < -0.3 is 27.8 Å². The second-order valence-corrected chi connectivity index (χ2v) is 32.3. The number of furan rings is 2. The van der Waals surface area contributed by atoms with Crippen LogP contribution in [0, 0.1) is 0 Å². The Kier molecular flexibility index (Phi) is 17.2. The molecule has 0 radical (unpaired) electrons. The average molecular weight is 1580 g/mol. The molecule has 0 fully saturated rings. The summed E-state index contributed by atoms with van der Waals surface area (Å²) < 4.78 is 17.5. The van der Waals surface area contributed by atoms with Gasteiger partial charge in [0.2, 0.25) is 0 Å². The monoisotopic (exact) mass is 1580 g/mol. The number of hydrogen-bond donors (Lipinski definition) is 0. The fourth-order valence-electron chi connectivity index (χ4n) is 19.2. The number of fused-ring (bicyclic) bond motifs is 13. The standard InChI is InChI=1S/C118H76N4O2/c1-2-22-77(23-3-1)84-24-16-28-94(71-84)119(98-68-62-88-70-91(57-56-89(88)75-98)101-39-21-47-116-118(101)107-37-9-15-45-114(107)124-116)92-64-58-80(59-65-92)87-27-19-31-97(74-87)122-111-43-13-7-35-104(111)105-69-63-90(76-112(105)122)79-50-48-78(49-51-79)85-25-17-29-95(72-85)120(93-66-60-81(61-67-93)86-26-18-30-96(73-86)121-109-41-11-5-33-102(109)103-34-6-12-42-110(103)121)108-40-10-4-32-99(108)82-52-54-83(55-53-82)100-38-20-46-115-117(100)106-36-8-14-44-113(106)123-115/h1-76H. The molecule has 0 bridgehead atoms. The predicted molar refractivity (Wildman–Crippen MR) is 520 cm³/mol. The third kappa shape index (κ3) is 12.4. The first-order chi connectivity index (χ1) is 61.4. The van der Waals surface area contributed by atoms with Crippen LogP contribution in [0.1, 0.15) is 0 Å². The lowest BCUT2D eigenvalue weighted by Crippen LogP contribution is -2.11. The van der Waals surface area contributed by atoms with Gasteiger partial charge in [-0.3, -0.25) is 0 Å². The van der Waals surface area contributed by atoms with Crippen LogP contribution >= 0.6 is 0 Å². The third-order valence-electron chi connectivity index (χ3n) is 25.1. The molecule has 20 aromatic carbocycles. The fourth-order valence-corrected chi connectivity index (χ4v) is 19.2. The van der Waals surface area contributed by atoms with Crippen molar-refractivity contribution >= 4 is 132 Å². The van der Waals surface area contributed by atoms with Crippen LogP contribution in [0.3, 0.4) is 0 Å². The normalized spacial score (nSPS) is 11.7. The molecule has 0 unspecified atom stereocenters. The molecule has 6 heteroatoms. The van der Waals surface area contributed by atoms with Gasteiger partial charge in [-0.25, -0.2) is 0 Å². The molecule has 0 atom stereocenters. The quantitative estimate of drug-likeness (QED) is 0.0967. The van der Waals surface area contributed by atoms with Gasteiger partial charge in [-0.15, -0.1) is 0 Å². The molecule has 0 saturated carbocycles. The maximum absolute atomic E-state index is 6.36. The maximum Gasteiger partial charge on any atom is 0.136 e. The minimum Gasteiger partial charge on any atom is -0.456 e. The van der Waals surface area contributed by atoms with E-state index >= 15 is 0 Å². The van der Waals surface area contributed by atoms with Gasteiger partial charge >= 0.3 is 0 Å². The zero-order chi connectivity index (χ0) is 81.7. The van der Waals surface area contributed by atoms with Crippen LogP contribution in [0.2, 0.25) is 0 Å². The van der Waals surface area contributed by atoms with E-state index in [1.807, 2.05) is 24.3 Å². The predicted octanol–water partition coefficient (Wildman–Crippen LogP) is 33.1. The Labute approximate surface area is 716 Å². The van der Waals surface area contributed by atoms with Crippen LogP contribution in [0.25, 0.3) is 199 Å². The van der Waals surface area contributed by atoms with Gasteiger partial charge in [-0.2, -0.15) is 0 Å². The van der Waals surface area contributed by atoms with E-state index in [0.717, 1.165) is 195 Å². The number of rotatable bonds is 16. The molecule has 0 amide bonds. The van der Waals surface area contributed by atoms with E-state index in [2.05, 4.69) is 456 Å². The number of aromatic nitrogens is 2. The summed E-state index contributed by atoms with van der Waals surface area (Å²) in [5.41, 5.74) is 35.0. The number of nitrogens with zero attached hydrogens (tertiary/aromatic N) is 4. The summed E-state index contributed by atoms with van der Waals surface area (Å²) >= 11 is 0. The van der Waals surface area contributed by atoms with Crippen LogP contribution in [-0.2, 0) is 0 Å². The second kappa shape index (κ2) is 29.8. The minimum atomic E-state index is 0.885. The summed E-state index contributed by atoms with van der Waals surface area (Å²) in [6.45, 7) is 0. The second-order valence-electron chi connectivity index (χ2n) is 32.3. The molecule has 0 aliphatic heterocycles. The molecule has 24 aromatic rings. The smallest absolute Gasteiger partial charge is 0.136 e. The molecule has 0 N–H and O–H groups in total. The molecule has 6 nitrogen and oxygen atoms in total. The van der Waals surface area contributed by atoms with E-state index in [1.165, 1.54) is 38.1 Å². The van der Waals surface area contributed by atoms with Gasteiger partial charge in [0.25, 0.3) is 0 Å². The van der Waals surface area contributed by atoms with Gasteiger partial charge in [0, 0.05) is 88.5 Å². The van der Waals surface area contributed by atoms with Gasteiger partial charge in [-0.05, 0) is 240 Å². The van der Waals surface area contributed by atoms with Gasteiger partial charge in [0.15, 0.2) is 0 Å². The highest BCUT2D eigenvalue weighted by atomic mass is 16.3. The van der Waals surface area contributed by atoms with Crippen molar-refractivity contribution in [3.8, 4) is 100 Å². The molecule has 4 aromatic heterocycles. The molecule has 0 spiro atoms. The Morgan fingerprint density at radius 3 is 1.07 bits per heavy atom. The summed E-state index contributed by atoms with van der Waals surface area (Å²) in [5.74, 6) is 0. The van der Waals surface area contributed by atoms with Crippen molar-refractivity contribution in [3.05, 3.63) is 461 Å². The van der Waals surface area contributed by atoms with Crippen LogP contribution in [0.15, 0.2) is 470 Å². The summed E-state index contributed by atoms with van der Waals surface area (Å²) in [7, 11) is 0. The molecule has 0 saturated heterocycles. The lowest BCUT2D eigenvalue weighted by molar-refractivity contribution is 0.668. The van der Waals surface area contributed by atoms with Crippen LogP contribution in [0.4, 0.5) is 34.1 Å². The molecule has 4 heterocycles. The zero-order valence-electron chi connectivity index (χ0n) is 67.5. The van der Waals surface area contributed by atoms with E-state index in [0.29, 0.717) is 0 Å². The van der Waals surface area contributed by atoms with E-state index in [9.17, 15) is 0 Å². The topological polar surface area (TPSA) is 42.6 Å². The van der Waals surface area contributed by atoms with E-state index in [4.69, 9.17) is 8.83 Å². The number of anilines is 6. The largest absolute Gasteiger partial charge is 0.456 e. The van der Waals surface area contributed by atoms with Crippen molar-refractivity contribution < 1.29 is 8.83 Å². The molecular formula is C118H76N4O2. The van der Waals surface area contributed by atoms with E-state index in [1.54, 1.807) is 0 Å². The van der Waals surface area contributed by atoms with Crippen LogP contribution in [-0.4, -0.2) is 9.13 Å². The maximum atomic E-state index is 6.36.